The number of hydrogen-bond acceptors (Lipinski definition) is 0. The van der Waals surface area contributed by atoms with E-state index in [9.17, 15) is 11.7 Å². The van der Waals surface area contributed by atoms with Crippen molar-refractivity contribution in [3.63, 3.8) is 0 Å². The molecule has 0 aromatic heterocycles. The Morgan fingerprint density at radius 3 is 0.870 bits per heavy atom. The molecule has 0 amide bonds. The van der Waals surface area contributed by atoms with E-state index in [0.29, 0.717) is 0 Å². The third-order valence-electron chi connectivity index (χ3n) is 2.94. The van der Waals surface area contributed by atoms with Crippen LogP contribution in [-0.2, 0) is 22.9 Å². The lowest BCUT2D eigenvalue weighted by Crippen LogP contribution is -2.04. The van der Waals surface area contributed by atoms with E-state index in [1.54, 1.807) is 0 Å². The normalized spacial score (nSPS) is 10.3. The lowest BCUT2D eigenvalue weighted by atomic mass is 10.4. The summed E-state index contributed by atoms with van der Waals surface area (Å²) in [5.74, 6) is 0. The molecule has 0 bridgehead atoms. The van der Waals surface area contributed by atoms with Crippen molar-refractivity contribution in [3.05, 3.63) is 91.0 Å². The third kappa shape index (κ3) is 5.69. The Kier molecular flexibility index (Phi) is 7.10. The fraction of sp³-hybridized carbons (Fsp3) is 0. The van der Waals surface area contributed by atoms with Gasteiger partial charge in [-0.3, -0.25) is 0 Å². The molecule has 0 radical (unpaired) electrons. The molecular weight excluding hydrogens is 337 g/mol. The second-order valence-corrected chi connectivity index (χ2v) is 6.80. The van der Waals surface area contributed by atoms with Crippen LogP contribution in [0.2, 0.25) is 0 Å². The summed E-state index contributed by atoms with van der Waals surface area (Å²) in [6.07, 6.45) is 0. The number of hydrogen-bond donors (Lipinski definition) is 0. The maximum Gasteiger partial charge on any atom is 0.661 e. The standard InChI is InChI=1S/C18H15S.F3S/c1-4-10-16(11-5-1)19(17-12-6-2-7-13-17)18-14-8-3-9-15-18;1-4(2)3/h1-15H;/q2*+1. The van der Waals surface area contributed by atoms with Crippen molar-refractivity contribution in [1.82, 2.24) is 0 Å². The van der Waals surface area contributed by atoms with E-state index < -0.39 is 12.1 Å². The first-order valence-electron chi connectivity index (χ1n) is 6.81. The summed E-state index contributed by atoms with van der Waals surface area (Å²) in [6, 6.07) is 32.2. The number of benzene rings is 3. The van der Waals surface area contributed by atoms with Gasteiger partial charge >= 0.3 is 12.1 Å². The first kappa shape index (κ1) is 17.5. The van der Waals surface area contributed by atoms with Gasteiger partial charge in [0.2, 0.25) is 0 Å². The highest BCUT2D eigenvalue weighted by atomic mass is 32.3. The molecule has 3 aromatic rings. The fourth-order valence-corrected chi connectivity index (χ4v) is 4.18. The third-order valence-corrected chi connectivity index (χ3v) is 5.17. The Hall–Kier alpha value is -1.85. The van der Waals surface area contributed by atoms with Gasteiger partial charge in [-0.25, -0.2) is 0 Å². The van der Waals surface area contributed by atoms with Gasteiger partial charge in [0.25, 0.3) is 0 Å². The van der Waals surface area contributed by atoms with Crippen LogP contribution in [0.1, 0.15) is 0 Å². The highest BCUT2D eigenvalue weighted by molar-refractivity contribution is 7.97. The number of rotatable bonds is 3. The molecule has 0 fully saturated rings. The highest BCUT2D eigenvalue weighted by Gasteiger charge is 2.27. The van der Waals surface area contributed by atoms with Gasteiger partial charge in [0.15, 0.2) is 14.7 Å². The molecule has 0 nitrogen and oxygen atoms in total. The van der Waals surface area contributed by atoms with Crippen molar-refractivity contribution in [2.24, 2.45) is 0 Å². The van der Waals surface area contributed by atoms with Crippen molar-refractivity contribution >= 4 is 22.9 Å². The zero-order valence-corrected chi connectivity index (χ0v) is 13.7. The van der Waals surface area contributed by atoms with Gasteiger partial charge in [0, 0.05) is 0 Å². The van der Waals surface area contributed by atoms with E-state index in [4.69, 9.17) is 0 Å². The van der Waals surface area contributed by atoms with Crippen LogP contribution in [0.25, 0.3) is 0 Å². The molecule has 0 unspecified atom stereocenters. The molecule has 3 rings (SSSR count). The zero-order chi connectivity index (χ0) is 16.5. The quantitative estimate of drug-likeness (QED) is 0.504. The molecule has 23 heavy (non-hydrogen) atoms. The molecule has 0 N–H and O–H groups in total. The minimum Gasteiger partial charge on any atom is -0.0619 e. The minimum absolute atomic E-state index is 0.0146. The maximum absolute atomic E-state index is 9.69. The van der Waals surface area contributed by atoms with Crippen molar-refractivity contribution < 1.29 is 11.7 Å². The second kappa shape index (κ2) is 9.33. The van der Waals surface area contributed by atoms with E-state index in [1.807, 2.05) is 0 Å². The Morgan fingerprint density at radius 2 is 0.652 bits per heavy atom. The van der Waals surface area contributed by atoms with Crippen LogP contribution in [0.3, 0.4) is 0 Å². The molecule has 0 heterocycles. The zero-order valence-electron chi connectivity index (χ0n) is 12.1. The monoisotopic (exact) mass is 352 g/mol. The van der Waals surface area contributed by atoms with Crippen molar-refractivity contribution in [2.45, 2.75) is 14.7 Å². The van der Waals surface area contributed by atoms with E-state index in [1.165, 1.54) is 14.7 Å². The van der Waals surface area contributed by atoms with E-state index in [-0.39, 0.29) is 10.9 Å². The molecule has 0 atom stereocenters. The fourth-order valence-electron chi connectivity index (χ4n) is 2.08. The first-order chi connectivity index (χ1) is 11.2. The Bertz CT molecular complexity index is 580. The lowest BCUT2D eigenvalue weighted by Gasteiger charge is -2.07. The van der Waals surface area contributed by atoms with Gasteiger partial charge < -0.3 is 0 Å². The molecule has 118 valence electrons. The minimum atomic E-state index is -3.86. The summed E-state index contributed by atoms with van der Waals surface area (Å²) < 4.78 is 29.1. The van der Waals surface area contributed by atoms with Crippen molar-refractivity contribution in [1.29, 1.82) is 0 Å². The predicted octanol–water partition coefficient (Wildman–Crippen LogP) is 6.04. The second-order valence-electron chi connectivity index (χ2n) is 4.42. The van der Waals surface area contributed by atoms with Gasteiger partial charge in [-0.15, -0.1) is 0 Å². The molecular formula is C18H15F3S2+2. The van der Waals surface area contributed by atoms with Crippen LogP contribution in [-0.4, -0.2) is 0 Å². The molecule has 0 aliphatic rings. The topological polar surface area (TPSA) is 0 Å². The van der Waals surface area contributed by atoms with Gasteiger partial charge in [-0.05, 0) is 36.4 Å². The molecule has 0 saturated carbocycles. The molecule has 0 saturated heterocycles. The smallest absolute Gasteiger partial charge is 0.0619 e. The summed E-state index contributed by atoms with van der Waals surface area (Å²) in [5.41, 5.74) is 0. The molecule has 0 spiro atoms. The maximum atomic E-state index is 9.69. The van der Waals surface area contributed by atoms with Crippen molar-refractivity contribution in [2.75, 3.05) is 0 Å². The summed E-state index contributed by atoms with van der Waals surface area (Å²) in [7, 11) is -0.0146. The molecule has 0 aliphatic carbocycles. The predicted molar refractivity (Wildman–Crippen MR) is 92.2 cm³/mol. The van der Waals surface area contributed by atoms with E-state index in [2.05, 4.69) is 91.0 Å². The highest BCUT2D eigenvalue weighted by Crippen LogP contribution is 2.30. The van der Waals surface area contributed by atoms with Crippen LogP contribution in [0.15, 0.2) is 106 Å². The van der Waals surface area contributed by atoms with E-state index in [0.717, 1.165) is 0 Å². The van der Waals surface area contributed by atoms with Gasteiger partial charge in [-0.1, -0.05) is 54.6 Å². The largest absolute Gasteiger partial charge is 0.661 e. The summed E-state index contributed by atoms with van der Waals surface area (Å²) in [5, 5.41) is 0. The van der Waals surface area contributed by atoms with Crippen LogP contribution in [0.4, 0.5) is 11.7 Å². The summed E-state index contributed by atoms with van der Waals surface area (Å²) in [4.78, 5) is 4.08. The van der Waals surface area contributed by atoms with Gasteiger partial charge in [-0.2, -0.15) is 0 Å². The summed E-state index contributed by atoms with van der Waals surface area (Å²) in [6.45, 7) is 0. The van der Waals surface area contributed by atoms with Crippen LogP contribution in [0, 0.1) is 0 Å². The van der Waals surface area contributed by atoms with Gasteiger partial charge in [0.05, 0.1) is 10.9 Å². The lowest BCUT2D eigenvalue weighted by molar-refractivity contribution is 0.662. The molecule has 3 aromatic carbocycles. The Labute approximate surface area is 140 Å². The van der Waals surface area contributed by atoms with Crippen LogP contribution in [0.5, 0.6) is 0 Å². The van der Waals surface area contributed by atoms with E-state index >= 15 is 0 Å². The van der Waals surface area contributed by atoms with Crippen molar-refractivity contribution in [3.8, 4) is 0 Å². The number of halogens is 3. The first-order valence-corrected chi connectivity index (χ1v) is 8.96. The molecule has 5 heteroatoms. The van der Waals surface area contributed by atoms with Gasteiger partial charge in [0.1, 0.15) is 11.7 Å². The summed E-state index contributed by atoms with van der Waals surface area (Å²) >= 11 is -3.86. The average molecular weight is 352 g/mol. The Balaban J connectivity index is 0.000000433. The average Bonchev–Trinajstić information content (AvgIpc) is 2.58. The SMILES string of the molecule is F[S+](F)F.c1ccc([S+](c2ccccc2)c2ccccc2)cc1. The van der Waals surface area contributed by atoms with Crippen LogP contribution >= 0.6 is 0 Å². The molecule has 0 aliphatic heterocycles. The Morgan fingerprint density at radius 1 is 0.435 bits per heavy atom. The van der Waals surface area contributed by atoms with Crippen LogP contribution < -0.4 is 0 Å².